The van der Waals surface area contributed by atoms with Crippen LogP contribution in [-0.4, -0.2) is 95.1 Å². The fourth-order valence-corrected chi connectivity index (χ4v) is 8.98. The second kappa shape index (κ2) is 18.6. The molecule has 0 aliphatic carbocycles. The van der Waals surface area contributed by atoms with E-state index in [4.69, 9.17) is 28.0 Å². The Kier molecular flexibility index (Phi) is 15.5. The van der Waals surface area contributed by atoms with Crippen molar-refractivity contribution < 1.29 is 55.4 Å². The van der Waals surface area contributed by atoms with Crippen LogP contribution in [0.15, 0.2) is 53.7 Å². The first-order chi connectivity index (χ1) is 22.9. The molecular weight excluding hydrogens is 677 g/mol. The number of aromatic nitrogens is 1. The van der Waals surface area contributed by atoms with Crippen LogP contribution in [0.4, 0.5) is 4.79 Å². The summed E-state index contributed by atoms with van der Waals surface area (Å²) in [5, 5.41) is 14.4. The molecule has 2 aliphatic heterocycles. The number of pyridine rings is 1. The van der Waals surface area contributed by atoms with Crippen LogP contribution in [0.2, 0.25) is 0 Å². The first-order valence-electron chi connectivity index (χ1n) is 16.3. The van der Waals surface area contributed by atoms with Gasteiger partial charge in [-0.15, -0.1) is 0 Å². The lowest BCUT2D eigenvalue weighted by Gasteiger charge is -2.31. The number of fused-ring (bicyclic) bond motifs is 1. The van der Waals surface area contributed by atoms with Crippen LogP contribution in [0.5, 0.6) is 5.75 Å². The molecule has 2 saturated heterocycles. The minimum atomic E-state index is -4.02. The quantitative estimate of drug-likeness (QED) is 0.169. The highest BCUT2D eigenvalue weighted by Gasteiger charge is 2.44. The van der Waals surface area contributed by atoms with Crippen molar-refractivity contribution in [3.05, 3.63) is 54.4 Å². The molecular formula is C33H53N3O11PS+. The molecule has 16 heteroatoms. The standard InChI is InChI=1S/C32H48N3O11PS.CH4/c1-6-44-47(38,45-7-2)22-34-15-12-24(13-16-34)18-28(33-32(37)46-30-21-43-31-27(30)14-17-42-31)29(36)20-35(19-23(3)4)48(39,40)26-10-8-25(41-5)9-11-26;/h8-13,15-16,23,27-31,36H,6-7,14,17-22H2,1-5H3;1H4/p+1/t27-,28-,29+,30-,31+;/m0./s1. The molecule has 49 heavy (non-hydrogen) atoms. The van der Waals surface area contributed by atoms with Gasteiger partial charge in [0.1, 0.15) is 11.9 Å². The molecule has 0 unspecified atom stereocenters. The topological polar surface area (TPSA) is 163 Å². The van der Waals surface area contributed by atoms with Crippen LogP contribution in [0, 0.1) is 11.8 Å². The molecule has 1 aromatic carbocycles. The van der Waals surface area contributed by atoms with E-state index < -0.39 is 48.3 Å². The highest BCUT2D eigenvalue weighted by atomic mass is 32.2. The number of methoxy groups -OCH3 is 1. The maximum Gasteiger partial charge on any atom is 0.407 e. The normalized spacial score (nSPS) is 20.4. The summed E-state index contributed by atoms with van der Waals surface area (Å²) in [7, 11) is -5.88. The fourth-order valence-electron chi connectivity index (χ4n) is 5.75. The van der Waals surface area contributed by atoms with Gasteiger partial charge in [-0.1, -0.05) is 21.3 Å². The van der Waals surface area contributed by atoms with E-state index in [1.54, 1.807) is 55.1 Å². The number of sulfonamides is 1. The molecule has 276 valence electrons. The van der Waals surface area contributed by atoms with Gasteiger partial charge in [0, 0.05) is 25.2 Å². The van der Waals surface area contributed by atoms with Crippen molar-refractivity contribution in [1.29, 1.82) is 0 Å². The van der Waals surface area contributed by atoms with E-state index in [0.717, 1.165) is 5.56 Å². The zero-order chi connectivity index (χ0) is 34.9. The first kappa shape index (κ1) is 40.8. The Balaban J connectivity index is 0.00000650. The van der Waals surface area contributed by atoms with Crippen LogP contribution in [0.25, 0.3) is 0 Å². The van der Waals surface area contributed by atoms with E-state index in [1.165, 1.54) is 23.5 Å². The summed E-state index contributed by atoms with van der Waals surface area (Å²) in [6.45, 7) is 8.29. The Morgan fingerprint density at radius 3 is 2.33 bits per heavy atom. The average Bonchev–Trinajstić information content (AvgIpc) is 3.66. The molecule has 0 saturated carbocycles. The van der Waals surface area contributed by atoms with Crippen molar-refractivity contribution in [3.63, 3.8) is 0 Å². The number of nitrogens with zero attached hydrogens (tertiary/aromatic N) is 2. The van der Waals surface area contributed by atoms with Gasteiger partial charge in [0.25, 0.3) is 0 Å². The first-order valence-corrected chi connectivity index (χ1v) is 19.4. The van der Waals surface area contributed by atoms with Gasteiger partial charge < -0.3 is 38.4 Å². The minimum Gasteiger partial charge on any atom is -0.497 e. The monoisotopic (exact) mass is 730 g/mol. The highest BCUT2D eigenvalue weighted by molar-refractivity contribution is 7.89. The van der Waals surface area contributed by atoms with Crippen molar-refractivity contribution in [2.45, 2.75) is 83.7 Å². The van der Waals surface area contributed by atoms with Crippen LogP contribution in [0.3, 0.4) is 0 Å². The van der Waals surface area contributed by atoms with E-state index in [0.29, 0.717) is 18.8 Å². The molecule has 0 radical (unpaired) electrons. The summed E-state index contributed by atoms with van der Waals surface area (Å²) in [4.78, 5) is 13.3. The zero-order valence-corrected chi connectivity index (χ0v) is 29.9. The predicted molar refractivity (Wildman–Crippen MR) is 182 cm³/mol. The Morgan fingerprint density at radius 1 is 1.08 bits per heavy atom. The molecule has 3 heterocycles. The van der Waals surface area contributed by atoms with Gasteiger partial charge in [-0.3, -0.25) is 4.57 Å². The number of nitrogens with one attached hydrogen (secondary N) is 1. The Labute approximate surface area is 290 Å². The maximum atomic E-state index is 13.8. The van der Waals surface area contributed by atoms with Crippen LogP contribution < -0.4 is 14.6 Å². The second-order valence-electron chi connectivity index (χ2n) is 12.2. The van der Waals surface area contributed by atoms with E-state index in [2.05, 4.69) is 5.32 Å². The zero-order valence-electron chi connectivity index (χ0n) is 28.2. The third kappa shape index (κ3) is 11.2. The van der Waals surface area contributed by atoms with Crippen molar-refractivity contribution >= 4 is 23.7 Å². The molecule has 4 rings (SSSR count). The molecule has 14 nitrogen and oxygen atoms in total. The van der Waals surface area contributed by atoms with Crippen molar-refractivity contribution in [1.82, 2.24) is 9.62 Å². The molecule has 2 aliphatic rings. The van der Waals surface area contributed by atoms with Crippen LogP contribution in [0.1, 0.15) is 47.1 Å². The number of alkyl carbamates (subject to hydrolysis) is 1. The number of benzene rings is 1. The molecule has 2 fully saturated rings. The molecule has 0 spiro atoms. The Morgan fingerprint density at radius 2 is 1.73 bits per heavy atom. The number of carbonyl (C=O) groups excluding carboxylic acids is 1. The van der Waals surface area contributed by atoms with Gasteiger partial charge in [-0.05, 0) is 62.4 Å². The summed E-state index contributed by atoms with van der Waals surface area (Å²) in [5.41, 5.74) is 0.722. The average molecular weight is 731 g/mol. The lowest BCUT2D eigenvalue weighted by Crippen LogP contribution is -2.51. The number of aliphatic hydroxyl groups is 1. The Bertz CT molecular complexity index is 1470. The van der Waals surface area contributed by atoms with E-state index >= 15 is 0 Å². The third-order valence-corrected chi connectivity index (χ3v) is 11.9. The number of ether oxygens (including phenoxy) is 4. The number of aliphatic hydroxyl groups excluding tert-OH is 1. The molecule has 2 aromatic rings. The lowest BCUT2D eigenvalue weighted by atomic mass is 10.0. The van der Waals surface area contributed by atoms with E-state index in [9.17, 15) is 22.9 Å². The summed E-state index contributed by atoms with van der Waals surface area (Å²) in [6.07, 6.45) is 1.26. The van der Waals surface area contributed by atoms with Crippen LogP contribution in [-0.2, 0) is 50.6 Å². The largest absolute Gasteiger partial charge is 0.497 e. The maximum absolute atomic E-state index is 13.8. The van der Waals surface area contributed by atoms with Crippen molar-refractivity contribution in [2.24, 2.45) is 11.8 Å². The molecule has 2 N–H and O–H groups in total. The number of hydrogen-bond acceptors (Lipinski definition) is 11. The summed E-state index contributed by atoms with van der Waals surface area (Å²) >= 11 is 0. The van der Waals surface area contributed by atoms with Crippen molar-refractivity contribution in [2.75, 3.05) is 46.6 Å². The van der Waals surface area contributed by atoms with Gasteiger partial charge >= 0.3 is 13.7 Å². The summed E-state index contributed by atoms with van der Waals surface area (Å²) in [6, 6.07) is 8.63. The van der Waals surface area contributed by atoms with Gasteiger partial charge in [-0.2, -0.15) is 8.87 Å². The van der Waals surface area contributed by atoms with Crippen LogP contribution >= 0.6 is 7.60 Å². The lowest BCUT2D eigenvalue weighted by molar-refractivity contribution is -0.680. The second-order valence-corrected chi connectivity index (χ2v) is 16.1. The number of carbonyl (C=O) groups is 1. The van der Waals surface area contributed by atoms with Gasteiger partial charge in [0.05, 0.1) is 56.5 Å². The smallest absolute Gasteiger partial charge is 0.407 e. The van der Waals surface area contributed by atoms with Gasteiger partial charge in [-0.25, -0.2) is 13.2 Å². The molecule has 1 amide bonds. The SMILES string of the molecule is C.CCOP(=O)(C[n+]1ccc(C[C@H](NC(=O)O[C@H]2CO[C@H]3OCC[C@H]32)[C@H](O)CN(CC(C)C)S(=O)(=O)c2ccc(OC)cc2)cc1)OCC. The fraction of sp³-hybridized carbons (Fsp3) is 0.636. The number of hydrogen-bond donors (Lipinski definition) is 2. The summed E-state index contributed by atoms with van der Waals surface area (Å²) < 4.78 is 76.3. The molecule has 5 atom stereocenters. The molecule has 0 bridgehead atoms. The van der Waals surface area contributed by atoms with E-state index in [-0.39, 0.29) is 69.8 Å². The summed E-state index contributed by atoms with van der Waals surface area (Å²) in [5.74, 6) is 0.377. The van der Waals surface area contributed by atoms with Gasteiger partial charge in [0.15, 0.2) is 18.7 Å². The minimum absolute atomic E-state index is 0. The van der Waals surface area contributed by atoms with Crippen molar-refractivity contribution in [3.8, 4) is 5.75 Å². The molecule has 1 aromatic heterocycles. The number of amides is 1. The number of rotatable bonds is 18. The highest BCUT2D eigenvalue weighted by Crippen LogP contribution is 2.48. The van der Waals surface area contributed by atoms with E-state index in [1.807, 2.05) is 13.8 Å². The van der Waals surface area contributed by atoms with Gasteiger partial charge in [0.2, 0.25) is 16.3 Å². The third-order valence-electron chi connectivity index (χ3n) is 8.07. The predicted octanol–water partition coefficient (Wildman–Crippen LogP) is 3.95. The Hall–Kier alpha value is -2.62.